The predicted octanol–water partition coefficient (Wildman–Crippen LogP) is 5.68. The van der Waals surface area contributed by atoms with Crippen LogP contribution in [0.5, 0.6) is 0 Å². The largest absolute Gasteiger partial charge is 0.352 e. The molecule has 5 nitrogen and oxygen atoms in total. The molecule has 0 atom stereocenters. The molecule has 4 rings (SSSR count). The summed E-state index contributed by atoms with van der Waals surface area (Å²) in [5.74, 6) is 1.74. The number of benzene rings is 2. The third-order valence-corrected chi connectivity index (χ3v) is 5.74. The summed E-state index contributed by atoms with van der Waals surface area (Å²) in [4.78, 5) is 24.5. The van der Waals surface area contributed by atoms with Crippen molar-refractivity contribution in [3.05, 3.63) is 60.3 Å². The number of nitrogens with one attached hydrogen (secondary N) is 1. The number of nitrogens with zero attached hydrogens (tertiary/aromatic N) is 3. The Balaban J connectivity index is 1.67. The molecular formula is C25H30N4O. The summed E-state index contributed by atoms with van der Waals surface area (Å²) < 4.78 is 0. The van der Waals surface area contributed by atoms with Crippen LogP contribution in [-0.4, -0.2) is 28.5 Å². The van der Waals surface area contributed by atoms with Gasteiger partial charge in [0.1, 0.15) is 5.82 Å². The van der Waals surface area contributed by atoms with Crippen LogP contribution in [0.3, 0.4) is 0 Å². The van der Waals surface area contributed by atoms with E-state index in [0.29, 0.717) is 29.8 Å². The van der Waals surface area contributed by atoms with Gasteiger partial charge in [0.25, 0.3) is 5.91 Å². The molecule has 1 N–H and O–H groups in total. The van der Waals surface area contributed by atoms with Crippen molar-refractivity contribution in [3.8, 4) is 0 Å². The van der Waals surface area contributed by atoms with Gasteiger partial charge in [-0.3, -0.25) is 9.69 Å². The van der Waals surface area contributed by atoms with E-state index < -0.39 is 0 Å². The molecule has 1 saturated carbocycles. The first-order chi connectivity index (χ1) is 14.6. The second-order valence-corrected chi connectivity index (χ2v) is 8.52. The second kappa shape index (κ2) is 9.24. The fourth-order valence-electron chi connectivity index (χ4n) is 4.21. The minimum Gasteiger partial charge on any atom is -0.352 e. The van der Waals surface area contributed by atoms with Gasteiger partial charge in [-0.05, 0) is 61.6 Å². The van der Waals surface area contributed by atoms with Gasteiger partial charge in [-0.1, -0.05) is 49.6 Å². The summed E-state index contributed by atoms with van der Waals surface area (Å²) >= 11 is 0. The second-order valence-electron chi connectivity index (χ2n) is 8.52. The molecule has 1 aliphatic rings. The zero-order valence-corrected chi connectivity index (χ0v) is 17.8. The molecule has 0 spiro atoms. The van der Waals surface area contributed by atoms with E-state index in [-0.39, 0.29) is 11.9 Å². The minimum absolute atomic E-state index is 0.000485. The summed E-state index contributed by atoms with van der Waals surface area (Å²) in [6, 6.07) is 16.1. The SMILES string of the molecule is CC(C)Nc1nccc(N(CC2CCCCC2)C(=O)c2ccc3ccccc3c2)n1. The smallest absolute Gasteiger partial charge is 0.259 e. The standard InChI is InChI=1S/C25H30N4O/c1-18(2)27-25-26-15-14-23(28-25)29(17-19-8-4-3-5-9-19)24(30)22-13-12-20-10-6-7-11-21(20)16-22/h6-7,10-16,18-19H,3-5,8-9,17H2,1-2H3,(H,26,27,28). The molecule has 1 aliphatic carbocycles. The lowest BCUT2D eigenvalue weighted by atomic mass is 9.89. The number of fused-ring (bicyclic) bond motifs is 1. The van der Waals surface area contributed by atoms with Crippen LogP contribution in [0.2, 0.25) is 0 Å². The van der Waals surface area contributed by atoms with Gasteiger partial charge in [0, 0.05) is 24.3 Å². The molecule has 1 heterocycles. The van der Waals surface area contributed by atoms with Crippen molar-refractivity contribution >= 4 is 28.4 Å². The minimum atomic E-state index is 0.000485. The van der Waals surface area contributed by atoms with E-state index in [1.54, 1.807) is 6.20 Å². The van der Waals surface area contributed by atoms with Gasteiger partial charge in [0.05, 0.1) is 0 Å². The van der Waals surface area contributed by atoms with Crippen molar-refractivity contribution in [3.63, 3.8) is 0 Å². The summed E-state index contributed by atoms with van der Waals surface area (Å²) in [5.41, 5.74) is 0.696. The molecule has 3 aromatic rings. The molecule has 0 saturated heterocycles. The van der Waals surface area contributed by atoms with E-state index in [0.717, 1.165) is 10.8 Å². The molecule has 0 bridgehead atoms. The molecule has 1 amide bonds. The van der Waals surface area contributed by atoms with E-state index in [1.165, 1.54) is 32.1 Å². The van der Waals surface area contributed by atoms with E-state index in [2.05, 4.69) is 35.2 Å². The zero-order valence-electron chi connectivity index (χ0n) is 17.8. The van der Waals surface area contributed by atoms with Crippen molar-refractivity contribution in [2.45, 2.75) is 52.0 Å². The highest BCUT2D eigenvalue weighted by molar-refractivity contribution is 6.07. The lowest BCUT2D eigenvalue weighted by Gasteiger charge is -2.29. The Morgan fingerprint density at radius 3 is 2.60 bits per heavy atom. The van der Waals surface area contributed by atoms with E-state index >= 15 is 0 Å². The number of hydrogen-bond acceptors (Lipinski definition) is 4. The Bertz CT molecular complexity index is 1010. The molecule has 1 aromatic heterocycles. The molecule has 2 aromatic carbocycles. The Hall–Kier alpha value is -2.95. The summed E-state index contributed by atoms with van der Waals surface area (Å²) in [6.07, 6.45) is 7.85. The Morgan fingerprint density at radius 1 is 1.07 bits per heavy atom. The third-order valence-electron chi connectivity index (χ3n) is 5.74. The van der Waals surface area contributed by atoms with E-state index in [4.69, 9.17) is 0 Å². The topological polar surface area (TPSA) is 58.1 Å². The maximum absolute atomic E-state index is 13.6. The molecule has 0 unspecified atom stereocenters. The van der Waals surface area contributed by atoms with Gasteiger partial charge >= 0.3 is 0 Å². The van der Waals surface area contributed by atoms with Gasteiger partial charge in [0.2, 0.25) is 5.95 Å². The molecule has 156 valence electrons. The van der Waals surface area contributed by atoms with Crippen LogP contribution in [0.15, 0.2) is 54.7 Å². The van der Waals surface area contributed by atoms with E-state index in [1.807, 2.05) is 47.4 Å². The molecule has 5 heteroatoms. The number of carbonyl (C=O) groups is 1. The first kappa shape index (κ1) is 20.3. The van der Waals surface area contributed by atoms with Gasteiger partial charge in [-0.2, -0.15) is 4.98 Å². The molecule has 30 heavy (non-hydrogen) atoms. The number of anilines is 2. The van der Waals surface area contributed by atoms with Crippen molar-refractivity contribution < 1.29 is 4.79 Å². The molecule has 0 radical (unpaired) electrons. The maximum atomic E-state index is 13.6. The van der Waals surface area contributed by atoms with Gasteiger partial charge in [-0.15, -0.1) is 0 Å². The lowest BCUT2D eigenvalue weighted by molar-refractivity contribution is 0.0979. The fourth-order valence-corrected chi connectivity index (χ4v) is 4.21. The Kier molecular flexibility index (Phi) is 6.26. The summed E-state index contributed by atoms with van der Waals surface area (Å²) in [7, 11) is 0. The Labute approximate surface area is 178 Å². The number of rotatable bonds is 6. The van der Waals surface area contributed by atoms with Crippen LogP contribution < -0.4 is 10.2 Å². The average molecular weight is 403 g/mol. The quantitative estimate of drug-likeness (QED) is 0.576. The molecule has 0 aliphatic heterocycles. The van der Waals surface area contributed by atoms with E-state index in [9.17, 15) is 4.79 Å². The van der Waals surface area contributed by atoms with Crippen LogP contribution >= 0.6 is 0 Å². The number of hydrogen-bond donors (Lipinski definition) is 1. The van der Waals surface area contributed by atoms with Crippen LogP contribution in [0, 0.1) is 5.92 Å². The van der Waals surface area contributed by atoms with Crippen LogP contribution in [-0.2, 0) is 0 Å². The third kappa shape index (κ3) is 4.78. The van der Waals surface area contributed by atoms with Crippen LogP contribution in [0.1, 0.15) is 56.3 Å². The zero-order chi connectivity index (χ0) is 20.9. The first-order valence-electron chi connectivity index (χ1n) is 11.0. The highest BCUT2D eigenvalue weighted by atomic mass is 16.2. The number of amides is 1. The van der Waals surface area contributed by atoms with Crippen molar-refractivity contribution in [2.24, 2.45) is 5.92 Å². The van der Waals surface area contributed by atoms with Crippen molar-refractivity contribution in [1.29, 1.82) is 0 Å². The lowest BCUT2D eigenvalue weighted by Crippen LogP contribution is -2.37. The number of aromatic nitrogens is 2. The summed E-state index contributed by atoms with van der Waals surface area (Å²) in [5, 5.41) is 5.46. The molecular weight excluding hydrogens is 372 g/mol. The fraction of sp³-hybridized carbons (Fsp3) is 0.400. The molecule has 1 fully saturated rings. The highest BCUT2D eigenvalue weighted by Gasteiger charge is 2.25. The predicted molar refractivity (Wildman–Crippen MR) is 123 cm³/mol. The van der Waals surface area contributed by atoms with Gasteiger partial charge in [0.15, 0.2) is 0 Å². The van der Waals surface area contributed by atoms with Crippen molar-refractivity contribution in [1.82, 2.24) is 9.97 Å². The van der Waals surface area contributed by atoms with Crippen molar-refractivity contribution in [2.75, 3.05) is 16.8 Å². The Morgan fingerprint density at radius 2 is 1.83 bits per heavy atom. The maximum Gasteiger partial charge on any atom is 0.259 e. The van der Waals surface area contributed by atoms with Crippen LogP contribution in [0.4, 0.5) is 11.8 Å². The normalized spacial score (nSPS) is 14.8. The number of carbonyl (C=O) groups excluding carboxylic acids is 1. The monoisotopic (exact) mass is 402 g/mol. The van der Waals surface area contributed by atoms with Gasteiger partial charge in [-0.25, -0.2) is 4.98 Å². The van der Waals surface area contributed by atoms with Crippen LogP contribution in [0.25, 0.3) is 10.8 Å². The van der Waals surface area contributed by atoms with Gasteiger partial charge < -0.3 is 5.32 Å². The highest BCUT2D eigenvalue weighted by Crippen LogP contribution is 2.28. The first-order valence-corrected chi connectivity index (χ1v) is 11.0. The average Bonchev–Trinajstić information content (AvgIpc) is 2.77. The summed E-state index contributed by atoms with van der Waals surface area (Å²) in [6.45, 7) is 4.80.